The Hall–Kier alpha value is -2.09. The number of nitrogens with zero attached hydrogens (tertiary/aromatic N) is 2. The first kappa shape index (κ1) is 13.3. The van der Waals surface area contributed by atoms with E-state index in [0.717, 1.165) is 5.56 Å². The van der Waals surface area contributed by atoms with E-state index in [1.807, 2.05) is 36.4 Å². The molecule has 0 N–H and O–H groups in total. The monoisotopic (exact) mass is 262 g/mol. The molecule has 0 aliphatic carbocycles. The van der Waals surface area contributed by atoms with Gasteiger partial charge in [-0.15, -0.1) is 0 Å². The van der Waals surface area contributed by atoms with Crippen LogP contribution < -0.4 is 0 Å². The lowest BCUT2D eigenvalue weighted by atomic mass is 9.98. The molecule has 0 bridgehead atoms. The van der Waals surface area contributed by atoms with E-state index in [2.05, 4.69) is 0 Å². The van der Waals surface area contributed by atoms with Gasteiger partial charge in [0.1, 0.15) is 12.8 Å². The lowest BCUT2D eigenvalue weighted by molar-refractivity contribution is 0.0655. The first-order valence-electron chi connectivity index (χ1n) is 6.20. The molecular weight excluding hydrogens is 247 g/mol. The number of nitriles is 1. The third-order valence-electron chi connectivity index (χ3n) is 3.16. The number of carbonyl (C=O) groups is 1. The van der Waals surface area contributed by atoms with Crippen LogP contribution in [-0.4, -0.2) is 30.3 Å². The lowest BCUT2D eigenvalue weighted by Gasteiger charge is -2.31. The Balaban J connectivity index is 1.85. The van der Waals surface area contributed by atoms with Crippen LogP contribution in [0.2, 0.25) is 0 Å². The molecule has 1 fully saturated rings. The van der Waals surface area contributed by atoms with Crippen LogP contribution in [0.25, 0.3) is 0 Å². The maximum Gasteiger partial charge on any atom is 0.410 e. The quantitative estimate of drug-likeness (QED) is 0.822. The maximum absolute atomic E-state index is 13.3. The summed E-state index contributed by atoms with van der Waals surface area (Å²) in [6.07, 6.45) is -1.45. The second-order valence-electron chi connectivity index (χ2n) is 4.53. The van der Waals surface area contributed by atoms with Crippen molar-refractivity contribution in [1.29, 1.82) is 5.26 Å². The highest BCUT2D eigenvalue weighted by Gasteiger charge is 2.32. The zero-order valence-electron chi connectivity index (χ0n) is 10.5. The Kier molecular flexibility index (Phi) is 4.35. The van der Waals surface area contributed by atoms with Crippen LogP contribution in [0.5, 0.6) is 0 Å². The Morgan fingerprint density at radius 1 is 1.47 bits per heavy atom. The van der Waals surface area contributed by atoms with Crippen LogP contribution in [0.4, 0.5) is 9.18 Å². The fourth-order valence-corrected chi connectivity index (χ4v) is 2.02. The largest absolute Gasteiger partial charge is 0.445 e. The average molecular weight is 262 g/mol. The number of hydrogen-bond donors (Lipinski definition) is 0. The van der Waals surface area contributed by atoms with Gasteiger partial charge in [0.2, 0.25) is 0 Å². The van der Waals surface area contributed by atoms with Crippen LogP contribution in [0, 0.1) is 17.2 Å². The molecule has 2 atom stereocenters. The SMILES string of the molecule is N#CC1CN(C(=O)OCc2ccccc2)CCC1F. The second-order valence-corrected chi connectivity index (χ2v) is 4.53. The van der Waals surface area contributed by atoms with E-state index in [4.69, 9.17) is 10.00 Å². The summed E-state index contributed by atoms with van der Waals surface area (Å²) in [6, 6.07) is 11.2. The predicted octanol–water partition coefficient (Wildman–Crippen LogP) is 2.51. The van der Waals surface area contributed by atoms with Crippen molar-refractivity contribution in [3.05, 3.63) is 35.9 Å². The van der Waals surface area contributed by atoms with E-state index < -0.39 is 18.2 Å². The summed E-state index contributed by atoms with van der Waals surface area (Å²) in [4.78, 5) is 13.2. The summed E-state index contributed by atoms with van der Waals surface area (Å²) in [6.45, 7) is 0.588. The molecule has 100 valence electrons. The minimum atomic E-state index is -1.15. The third kappa shape index (κ3) is 3.44. The van der Waals surface area contributed by atoms with Crippen molar-refractivity contribution in [3.8, 4) is 6.07 Å². The van der Waals surface area contributed by atoms with Gasteiger partial charge >= 0.3 is 6.09 Å². The fraction of sp³-hybridized carbons (Fsp3) is 0.429. The number of halogens is 1. The topological polar surface area (TPSA) is 53.3 Å². The van der Waals surface area contributed by atoms with Gasteiger partial charge in [0.15, 0.2) is 0 Å². The van der Waals surface area contributed by atoms with Gasteiger partial charge in [-0.2, -0.15) is 5.26 Å². The van der Waals surface area contributed by atoms with Crippen molar-refractivity contribution in [3.63, 3.8) is 0 Å². The van der Waals surface area contributed by atoms with Gasteiger partial charge in [-0.3, -0.25) is 0 Å². The molecule has 4 nitrogen and oxygen atoms in total. The van der Waals surface area contributed by atoms with Crippen LogP contribution in [-0.2, 0) is 11.3 Å². The summed E-state index contributed by atoms with van der Waals surface area (Å²) in [5.74, 6) is -0.752. The summed E-state index contributed by atoms with van der Waals surface area (Å²) < 4.78 is 18.5. The summed E-state index contributed by atoms with van der Waals surface area (Å²) in [7, 11) is 0. The molecule has 2 rings (SSSR count). The maximum atomic E-state index is 13.3. The first-order valence-corrected chi connectivity index (χ1v) is 6.20. The molecule has 1 heterocycles. The summed E-state index contributed by atoms with van der Waals surface area (Å²) >= 11 is 0. The first-order chi connectivity index (χ1) is 9.20. The van der Waals surface area contributed by atoms with Crippen LogP contribution in [0.1, 0.15) is 12.0 Å². The normalized spacial score (nSPS) is 22.6. The molecule has 0 radical (unpaired) electrons. The Labute approximate surface area is 111 Å². The summed E-state index contributed by atoms with van der Waals surface area (Å²) in [5, 5.41) is 8.80. The number of likely N-dealkylation sites (tertiary alicyclic amines) is 1. The standard InChI is InChI=1S/C14H15FN2O2/c15-13-6-7-17(9-12(13)8-16)14(18)19-10-11-4-2-1-3-5-11/h1-5,12-13H,6-7,9-10H2. The molecule has 5 heteroatoms. The fourth-order valence-electron chi connectivity index (χ4n) is 2.02. The lowest BCUT2D eigenvalue weighted by Crippen LogP contribution is -2.44. The van der Waals surface area contributed by atoms with Crippen molar-refractivity contribution in [2.45, 2.75) is 19.2 Å². The number of hydrogen-bond acceptors (Lipinski definition) is 3. The van der Waals surface area contributed by atoms with E-state index in [1.165, 1.54) is 4.90 Å². The molecule has 1 aliphatic heterocycles. The van der Waals surface area contributed by atoms with E-state index in [0.29, 0.717) is 6.54 Å². The zero-order valence-corrected chi connectivity index (χ0v) is 10.5. The Morgan fingerprint density at radius 3 is 2.89 bits per heavy atom. The minimum Gasteiger partial charge on any atom is -0.445 e. The smallest absolute Gasteiger partial charge is 0.410 e. The molecule has 0 spiro atoms. The number of ether oxygens (including phenoxy) is 1. The van der Waals surface area contributed by atoms with E-state index in [1.54, 1.807) is 0 Å². The van der Waals surface area contributed by atoms with Gasteiger partial charge in [-0.25, -0.2) is 9.18 Å². The average Bonchev–Trinajstić information content (AvgIpc) is 2.46. The second kappa shape index (κ2) is 6.19. The van der Waals surface area contributed by atoms with Crippen molar-refractivity contribution in [1.82, 2.24) is 4.90 Å². The third-order valence-corrected chi connectivity index (χ3v) is 3.16. The number of benzene rings is 1. The highest BCUT2D eigenvalue weighted by atomic mass is 19.1. The van der Waals surface area contributed by atoms with Crippen molar-refractivity contribution < 1.29 is 13.9 Å². The molecule has 0 saturated carbocycles. The highest BCUT2D eigenvalue weighted by molar-refractivity contribution is 5.67. The minimum absolute atomic E-state index is 0.102. The number of alkyl halides is 1. The van der Waals surface area contributed by atoms with Crippen molar-refractivity contribution in [2.75, 3.05) is 13.1 Å². The number of amides is 1. The van der Waals surface area contributed by atoms with Crippen molar-refractivity contribution >= 4 is 6.09 Å². The number of piperidine rings is 1. The Bertz CT molecular complexity index is 472. The van der Waals surface area contributed by atoms with Gasteiger partial charge in [0, 0.05) is 13.1 Å². The van der Waals surface area contributed by atoms with Gasteiger partial charge < -0.3 is 9.64 Å². The van der Waals surface area contributed by atoms with Crippen LogP contribution in [0.3, 0.4) is 0 Å². The molecule has 19 heavy (non-hydrogen) atoms. The zero-order chi connectivity index (χ0) is 13.7. The van der Waals surface area contributed by atoms with Gasteiger partial charge in [0.25, 0.3) is 0 Å². The molecule has 1 aromatic rings. The molecule has 1 saturated heterocycles. The summed E-state index contributed by atoms with van der Waals surface area (Å²) in [5.41, 5.74) is 0.896. The molecule has 1 aromatic carbocycles. The Morgan fingerprint density at radius 2 is 2.21 bits per heavy atom. The molecule has 0 aromatic heterocycles. The molecular formula is C14H15FN2O2. The predicted molar refractivity (Wildman–Crippen MR) is 66.8 cm³/mol. The van der Waals surface area contributed by atoms with Gasteiger partial charge in [-0.05, 0) is 12.0 Å². The molecule has 2 unspecified atom stereocenters. The van der Waals surface area contributed by atoms with E-state index in [9.17, 15) is 9.18 Å². The van der Waals surface area contributed by atoms with Crippen LogP contribution >= 0.6 is 0 Å². The van der Waals surface area contributed by atoms with E-state index >= 15 is 0 Å². The highest BCUT2D eigenvalue weighted by Crippen LogP contribution is 2.20. The van der Waals surface area contributed by atoms with Crippen LogP contribution in [0.15, 0.2) is 30.3 Å². The molecule has 1 amide bonds. The number of carbonyl (C=O) groups excluding carboxylic acids is 1. The van der Waals surface area contributed by atoms with Gasteiger partial charge in [-0.1, -0.05) is 30.3 Å². The van der Waals surface area contributed by atoms with Gasteiger partial charge in [0.05, 0.1) is 12.0 Å². The molecule has 1 aliphatic rings. The van der Waals surface area contributed by atoms with E-state index in [-0.39, 0.29) is 19.6 Å². The number of rotatable bonds is 2. The van der Waals surface area contributed by atoms with Crippen molar-refractivity contribution in [2.24, 2.45) is 5.92 Å².